The number of hydrogen-bond donors (Lipinski definition) is 2. The van der Waals surface area contributed by atoms with Crippen molar-refractivity contribution in [3.8, 4) is 0 Å². The zero-order valence-electron chi connectivity index (χ0n) is 11.0. The molecule has 2 atom stereocenters. The van der Waals surface area contributed by atoms with Gasteiger partial charge in [0.1, 0.15) is 6.04 Å². The van der Waals surface area contributed by atoms with Gasteiger partial charge < -0.3 is 15.3 Å². The smallest absolute Gasteiger partial charge is 0.326 e. The average molecular weight is 256 g/mol. The minimum absolute atomic E-state index is 0.0779. The second-order valence-electron chi connectivity index (χ2n) is 5.20. The van der Waals surface area contributed by atoms with E-state index in [9.17, 15) is 14.4 Å². The topological polar surface area (TPSA) is 86.7 Å². The second-order valence-corrected chi connectivity index (χ2v) is 5.20. The Hall–Kier alpha value is -1.59. The molecule has 1 rings (SSSR count). The van der Waals surface area contributed by atoms with Crippen molar-refractivity contribution in [3.05, 3.63) is 0 Å². The number of carbonyl (C=O) groups excluding carboxylic acids is 2. The van der Waals surface area contributed by atoms with Crippen molar-refractivity contribution in [1.29, 1.82) is 0 Å². The van der Waals surface area contributed by atoms with Gasteiger partial charge in [-0.15, -0.1) is 0 Å². The maximum absolute atomic E-state index is 11.9. The van der Waals surface area contributed by atoms with Crippen LogP contribution >= 0.6 is 0 Å². The number of carboxylic acids is 1. The van der Waals surface area contributed by atoms with E-state index >= 15 is 0 Å². The largest absolute Gasteiger partial charge is 0.480 e. The first kappa shape index (κ1) is 14.5. The Kier molecular flexibility index (Phi) is 4.69. The van der Waals surface area contributed by atoms with Crippen molar-refractivity contribution in [2.45, 2.75) is 32.7 Å². The predicted molar refractivity (Wildman–Crippen MR) is 64.8 cm³/mol. The van der Waals surface area contributed by atoms with Gasteiger partial charge in [0.15, 0.2) is 0 Å². The average Bonchev–Trinajstić information content (AvgIpc) is 2.57. The van der Waals surface area contributed by atoms with E-state index in [1.165, 1.54) is 4.90 Å². The Balaban J connectivity index is 2.57. The minimum Gasteiger partial charge on any atom is -0.480 e. The number of carbonyl (C=O) groups is 3. The molecule has 1 fully saturated rings. The van der Waals surface area contributed by atoms with Crippen molar-refractivity contribution < 1.29 is 19.5 Å². The SMILES string of the molecule is CC(C)C[C@@H](NC(=O)C1CC(=O)N(C)C1)C(=O)O. The highest BCUT2D eigenvalue weighted by Gasteiger charge is 2.34. The highest BCUT2D eigenvalue weighted by atomic mass is 16.4. The van der Waals surface area contributed by atoms with Crippen LogP contribution in [0.4, 0.5) is 0 Å². The fourth-order valence-corrected chi connectivity index (χ4v) is 2.02. The molecule has 0 aliphatic carbocycles. The third-order valence-electron chi connectivity index (χ3n) is 3.03. The van der Waals surface area contributed by atoms with Gasteiger partial charge in [-0.1, -0.05) is 13.8 Å². The van der Waals surface area contributed by atoms with Crippen LogP contribution in [0.5, 0.6) is 0 Å². The third kappa shape index (κ3) is 3.72. The number of nitrogens with zero attached hydrogens (tertiary/aromatic N) is 1. The fraction of sp³-hybridized carbons (Fsp3) is 0.750. The van der Waals surface area contributed by atoms with E-state index < -0.39 is 17.9 Å². The van der Waals surface area contributed by atoms with Crippen LogP contribution in [0.2, 0.25) is 0 Å². The highest BCUT2D eigenvalue weighted by molar-refractivity contribution is 5.91. The van der Waals surface area contributed by atoms with Crippen molar-refractivity contribution in [2.75, 3.05) is 13.6 Å². The summed E-state index contributed by atoms with van der Waals surface area (Å²) in [6, 6.07) is -0.876. The summed E-state index contributed by atoms with van der Waals surface area (Å²) in [5.41, 5.74) is 0. The van der Waals surface area contributed by atoms with Gasteiger partial charge in [-0.25, -0.2) is 4.79 Å². The molecule has 1 heterocycles. The van der Waals surface area contributed by atoms with E-state index in [-0.39, 0.29) is 24.2 Å². The summed E-state index contributed by atoms with van der Waals surface area (Å²) >= 11 is 0. The molecule has 0 saturated carbocycles. The minimum atomic E-state index is -1.03. The molecule has 1 unspecified atom stereocenters. The zero-order chi connectivity index (χ0) is 13.9. The van der Waals surface area contributed by atoms with Gasteiger partial charge in [0.25, 0.3) is 0 Å². The van der Waals surface area contributed by atoms with Gasteiger partial charge in [-0.05, 0) is 12.3 Å². The Morgan fingerprint density at radius 2 is 2.11 bits per heavy atom. The van der Waals surface area contributed by atoms with E-state index in [4.69, 9.17) is 5.11 Å². The standard InChI is InChI=1S/C12H20N2O4/c1-7(2)4-9(12(17)18)13-11(16)8-5-10(15)14(3)6-8/h7-9H,4-6H2,1-3H3,(H,13,16)(H,17,18)/t8?,9-/m1/s1. The lowest BCUT2D eigenvalue weighted by Gasteiger charge is -2.18. The van der Waals surface area contributed by atoms with Crippen LogP contribution in [0, 0.1) is 11.8 Å². The van der Waals surface area contributed by atoms with Gasteiger partial charge in [0, 0.05) is 20.0 Å². The van der Waals surface area contributed by atoms with Crippen LogP contribution in [0.3, 0.4) is 0 Å². The van der Waals surface area contributed by atoms with E-state index in [0.29, 0.717) is 13.0 Å². The van der Waals surface area contributed by atoms with Gasteiger partial charge in [-0.3, -0.25) is 9.59 Å². The first-order valence-corrected chi connectivity index (χ1v) is 6.08. The summed E-state index contributed by atoms with van der Waals surface area (Å²) in [4.78, 5) is 35.7. The third-order valence-corrected chi connectivity index (χ3v) is 3.03. The monoisotopic (exact) mass is 256 g/mol. The number of amides is 2. The summed E-state index contributed by atoms with van der Waals surface area (Å²) in [7, 11) is 1.64. The van der Waals surface area contributed by atoms with Crippen LogP contribution in [0.25, 0.3) is 0 Å². The molecule has 102 valence electrons. The molecule has 0 aromatic heterocycles. The number of hydrogen-bond acceptors (Lipinski definition) is 3. The molecule has 2 amide bonds. The number of carboxylic acid groups (broad SMARTS) is 1. The van der Waals surface area contributed by atoms with Crippen LogP contribution in [-0.4, -0.2) is 47.4 Å². The van der Waals surface area contributed by atoms with Crippen molar-refractivity contribution in [2.24, 2.45) is 11.8 Å². The summed E-state index contributed by atoms with van der Waals surface area (Å²) in [5, 5.41) is 11.5. The Morgan fingerprint density at radius 1 is 1.50 bits per heavy atom. The van der Waals surface area contributed by atoms with Gasteiger partial charge >= 0.3 is 5.97 Å². The molecule has 0 spiro atoms. The van der Waals surface area contributed by atoms with Crippen molar-refractivity contribution >= 4 is 17.8 Å². The van der Waals surface area contributed by atoms with E-state index in [2.05, 4.69) is 5.32 Å². The van der Waals surface area contributed by atoms with Crippen LogP contribution in [0.1, 0.15) is 26.7 Å². The number of rotatable bonds is 5. The Morgan fingerprint density at radius 3 is 2.50 bits per heavy atom. The summed E-state index contributed by atoms with van der Waals surface area (Å²) in [6.07, 6.45) is 0.550. The van der Waals surface area contributed by atoms with Gasteiger partial charge in [0.2, 0.25) is 11.8 Å². The van der Waals surface area contributed by atoms with E-state index in [0.717, 1.165) is 0 Å². The normalized spacial score (nSPS) is 21.2. The first-order valence-electron chi connectivity index (χ1n) is 6.08. The molecule has 0 bridgehead atoms. The molecule has 1 aliphatic rings. The highest BCUT2D eigenvalue weighted by Crippen LogP contribution is 2.16. The van der Waals surface area contributed by atoms with Crippen LogP contribution in [-0.2, 0) is 14.4 Å². The van der Waals surface area contributed by atoms with Gasteiger partial charge in [-0.2, -0.15) is 0 Å². The lowest BCUT2D eigenvalue weighted by molar-refractivity contribution is -0.142. The molecule has 0 aromatic rings. The van der Waals surface area contributed by atoms with Gasteiger partial charge in [0.05, 0.1) is 5.92 Å². The molecule has 18 heavy (non-hydrogen) atoms. The molecule has 0 radical (unpaired) electrons. The van der Waals surface area contributed by atoms with Crippen molar-refractivity contribution in [1.82, 2.24) is 10.2 Å². The Labute approximate surface area is 106 Å². The number of aliphatic carboxylic acids is 1. The zero-order valence-corrected chi connectivity index (χ0v) is 11.0. The quantitative estimate of drug-likeness (QED) is 0.729. The van der Waals surface area contributed by atoms with Crippen LogP contribution < -0.4 is 5.32 Å². The molecule has 2 N–H and O–H groups in total. The molecule has 6 nitrogen and oxygen atoms in total. The lowest BCUT2D eigenvalue weighted by Crippen LogP contribution is -2.44. The first-order chi connectivity index (χ1) is 8.31. The molecule has 6 heteroatoms. The second kappa shape index (κ2) is 5.84. The summed E-state index contributed by atoms with van der Waals surface area (Å²) in [6.45, 7) is 4.16. The summed E-state index contributed by atoms with van der Waals surface area (Å²) < 4.78 is 0. The molecule has 1 saturated heterocycles. The van der Waals surface area contributed by atoms with Crippen LogP contribution in [0.15, 0.2) is 0 Å². The fourth-order valence-electron chi connectivity index (χ4n) is 2.02. The molecular weight excluding hydrogens is 236 g/mol. The van der Waals surface area contributed by atoms with Crippen molar-refractivity contribution in [3.63, 3.8) is 0 Å². The summed E-state index contributed by atoms with van der Waals surface area (Å²) in [5.74, 6) is -1.71. The molecular formula is C12H20N2O4. The maximum Gasteiger partial charge on any atom is 0.326 e. The number of nitrogens with one attached hydrogen (secondary N) is 1. The number of likely N-dealkylation sites (tertiary alicyclic amines) is 1. The maximum atomic E-state index is 11.9. The van der Waals surface area contributed by atoms with E-state index in [1.54, 1.807) is 7.05 Å². The Bertz CT molecular complexity index is 354. The molecule has 0 aromatic carbocycles. The molecule has 1 aliphatic heterocycles. The predicted octanol–water partition coefficient (Wildman–Crippen LogP) is 0.0802. The van der Waals surface area contributed by atoms with E-state index in [1.807, 2.05) is 13.8 Å². The lowest BCUT2D eigenvalue weighted by atomic mass is 10.0.